The zero-order chi connectivity index (χ0) is 11.4. The minimum absolute atomic E-state index is 0.603. The molecule has 0 aliphatic carbocycles. The number of nitrogens with zero attached hydrogens (tertiary/aromatic N) is 3. The Kier molecular flexibility index (Phi) is 4.15. The second-order valence-corrected chi connectivity index (χ2v) is 5.32. The number of thiazole rings is 1. The van der Waals surface area contributed by atoms with Gasteiger partial charge in [0.2, 0.25) is 0 Å². The third-order valence-corrected chi connectivity index (χ3v) is 3.87. The van der Waals surface area contributed by atoms with E-state index in [9.17, 15) is 0 Å². The Bertz CT molecular complexity index is 293. The van der Waals surface area contributed by atoms with Crippen LogP contribution in [0.4, 0.5) is 5.13 Å². The van der Waals surface area contributed by atoms with Gasteiger partial charge in [-0.3, -0.25) is 4.90 Å². The number of anilines is 1. The van der Waals surface area contributed by atoms with Crippen LogP contribution in [0.1, 0.15) is 6.92 Å². The number of hydrogen-bond donors (Lipinski definition) is 1. The van der Waals surface area contributed by atoms with Crippen LogP contribution in [0, 0.1) is 5.92 Å². The molecule has 90 valence electrons. The number of rotatable bonds is 4. The van der Waals surface area contributed by atoms with Gasteiger partial charge in [-0.15, -0.1) is 11.3 Å². The summed E-state index contributed by atoms with van der Waals surface area (Å²) in [5.41, 5.74) is 5.65. The lowest BCUT2D eigenvalue weighted by Gasteiger charge is -2.35. The zero-order valence-corrected chi connectivity index (χ0v) is 10.6. The van der Waals surface area contributed by atoms with Gasteiger partial charge < -0.3 is 10.6 Å². The van der Waals surface area contributed by atoms with Gasteiger partial charge in [0, 0.05) is 44.3 Å². The van der Waals surface area contributed by atoms with Gasteiger partial charge in [0.15, 0.2) is 5.13 Å². The van der Waals surface area contributed by atoms with Crippen LogP contribution in [-0.4, -0.2) is 49.2 Å². The first-order chi connectivity index (χ1) is 7.79. The highest BCUT2D eigenvalue weighted by Crippen LogP contribution is 2.18. The summed E-state index contributed by atoms with van der Waals surface area (Å²) < 4.78 is 0. The monoisotopic (exact) mass is 240 g/mol. The fraction of sp³-hybridized carbons (Fsp3) is 0.727. The van der Waals surface area contributed by atoms with Gasteiger partial charge in [-0.1, -0.05) is 6.92 Å². The van der Waals surface area contributed by atoms with Gasteiger partial charge in [-0.05, 0) is 12.5 Å². The molecule has 2 rings (SSSR count). The maximum absolute atomic E-state index is 5.65. The van der Waals surface area contributed by atoms with E-state index in [0.29, 0.717) is 5.92 Å². The molecule has 1 aromatic rings. The molecule has 2 N–H and O–H groups in total. The molecule has 0 bridgehead atoms. The summed E-state index contributed by atoms with van der Waals surface area (Å²) >= 11 is 1.73. The van der Waals surface area contributed by atoms with Crippen LogP contribution < -0.4 is 10.6 Å². The first-order valence-electron chi connectivity index (χ1n) is 5.86. The van der Waals surface area contributed by atoms with Gasteiger partial charge in [0.25, 0.3) is 0 Å². The molecule has 4 nitrogen and oxygen atoms in total. The van der Waals surface area contributed by atoms with Crippen LogP contribution in [0.3, 0.4) is 0 Å². The molecule has 0 saturated carbocycles. The van der Waals surface area contributed by atoms with Crippen molar-refractivity contribution in [1.29, 1.82) is 0 Å². The van der Waals surface area contributed by atoms with Crippen molar-refractivity contribution in [1.82, 2.24) is 9.88 Å². The molecule has 1 aliphatic heterocycles. The molecule has 0 aromatic carbocycles. The van der Waals surface area contributed by atoms with Gasteiger partial charge in [-0.2, -0.15) is 0 Å². The number of nitrogens with two attached hydrogens (primary N) is 1. The average Bonchev–Trinajstić information content (AvgIpc) is 2.83. The summed E-state index contributed by atoms with van der Waals surface area (Å²) in [4.78, 5) is 9.22. The van der Waals surface area contributed by atoms with Crippen LogP contribution in [-0.2, 0) is 0 Å². The normalized spacial score (nSPS) is 20.0. The van der Waals surface area contributed by atoms with Crippen LogP contribution in [0.25, 0.3) is 0 Å². The van der Waals surface area contributed by atoms with E-state index in [1.807, 2.05) is 11.6 Å². The first-order valence-corrected chi connectivity index (χ1v) is 6.74. The highest BCUT2D eigenvalue weighted by Gasteiger charge is 2.19. The molecule has 1 unspecified atom stereocenters. The summed E-state index contributed by atoms with van der Waals surface area (Å²) in [6.45, 7) is 8.56. The Balaban J connectivity index is 1.78. The largest absolute Gasteiger partial charge is 0.346 e. The quantitative estimate of drug-likeness (QED) is 0.848. The highest BCUT2D eigenvalue weighted by molar-refractivity contribution is 7.13. The predicted octanol–water partition coefficient (Wildman–Crippen LogP) is 0.860. The summed E-state index contributed by atoms with van der Waals surface area (Å²) in [6, 6.07) is 0. The first kappa shape index (κ1) is 11.8. The summed E-state index contributed by atoms with van der Waals surface area (Å²) in [5.74, 6) is 0.603. The minimum Gasteiger partial charge on any atom is -0.346 e. The van der Waals surface area contributed by atoms with E-state index < -0.39 is 0 Å². The van der Waals surface area contributed by atoms with Crippen molar-refractivity contribution in [3.63, 3.8) is 0 Å². The second kappa shape index (κ2) is 5.61. The topological polar surface area (TPSA) is 45.4 Å². The van der Waals surface area contributed by atoms with E-state index in [0.717, 1.165) is 44.4 Å². The lowest BCUT2D eigenvalue weighted by molar-refractivity contribution is 0.227. The van der Waals surface area contributed by atoms with Gasteiger partial charge in [0.1, 0.15) is 0 Å². The summed E-state index contributed by atoms with van der Waals surface area (Å²) in [7, 11) is 0. The second-order valence-electron chi connectivity index (χ2n) is 4.44. The molecule has 2 heterocycles. The highest BCUT2D eigenvalue weighted by atomic mass is 32.1. The van der Waals surface area contributed by atoms with Crippen molar-refractivity contribution in [3.8, 4) is 0 Å². The van der Waals surface area contributed by atoms with Crippen LogP contribution in [0.15, 0.2) is 11.6 Å². The molecular weight excluding hydrogens is 220 g/mol. The van der Waals surface area contributed by atoms with Gasteiger partial charge >= 0.3 is 0 Å². The number of piperazine rings is 1. The van der Waals surface area contributed by atoms with E-state index in [4.69, 9.17) is 5.73 Å². The zero-order valence-electron chi connectivity index (χ0n) is 9.80. The van der Waals surface area contributed by atoms with Crippen molar-refractivity contribution < 1.29 is 0 Å². The predicted molar refractivity (Wildman–Crippen MR) is 69.0 cm³/mol. The number of aromatic nitrogens is 1. The maximum atomic E-state index is 5.65. The van der Waals surface area contributed by atoms with Crippen molar-refractivity contribution in [2.24, 2.45) is 11.7 Å². The molecule has 16 heavy (non-hydrogen) atoms. The molecule has 1 atom stereocenters. The summed E-state index contributed by atoms with van der Waals surface area (Å²) in [5, 5.41) is 3.20. The van der Waals surface area contributed by atoms with Gasteiger partial charge in [0.05, 0.1) is 0 Å². The van der Waals surface area contributed by atoms with E-state index in [1.54, 1.807) is 11.3 Å². The lowest BCUT2D eigenvalue weighted by Crippen LogP contribution is -2.48. The fourth-order valence-corrected chi connectivity index (χ4v) is 2.71. The van der Waals surface area contributed by atoms with Crippen LogP contribution >= 0.6 is 11.3 Å². The minimum atomic E-state index is 0.603. The van der Waals surface area contributed by atoms with E-state index in [1.165, 1.54) is 0 Å². The lowest BCUT2D eigenvalue weighted by atomic mass is 10.1. The number of hydrogen-bond acceptors (Lipinski definition) is 5. The maximum Gasteiger partial charge on any atom is 0.185 e. The molecule has 5 heteroatoms. The van der Waals surface area contributed by atoms with E-state index in [-0.39, 0.29) is 0 Å². The third kappa shape index (κ3) is 2.93. The molecule has 1 aromatic heterocycles. The molecule has 0 radical (unpaired) electrons. The molecular formula is C11H20N4S. The fourth-order valence-electron chi connectivity index (χ4n) is 2.01. The van der Waals surface area contributed by atoms with Crippen molar-refractivity contribution in [2.45, 2.75) is 6.92 Å². The van der Waals surface area contributed by atoms with Crippen molar-refractivity contribution in [2.75, 3.05) is 44.2 Å². The van der Waals surface area contributed by atoms with Crippen LogP contribution in [0.5, 0.6) is 0 Å². The smallest absolute Gasteiger partial charge is 0.185 e. The Morgan fingerprint density at radius 3 is 2.75 bits per heavy atom. The Morgan fingerprint density at radius 1 is 1.44 bits per heavy atom. The molecule has 0 spiro atoms. The third-order valence-electron chi connectivity index (χ3n) is 3.03. The Hall–Kier alpha value is -0.650. The molecule has 0 amide bonds. The van der Waals surface area contributed by atoms with E-state index >= 15 is 0 Å². The van der Waals surface area contributed by atoms with E-state index in [2.05, 4.69) is 21.7 Å². The SMILES string of the molecule is CC(CN)CN1CCN(c2nccs2)CC1. The standard InChI is InChI=1S/C11H20N4S/c1-10(8-12)9-14-3-5-15(6-4-14)11-13-2-7-16-11/h2,7,10H,3-6,8-9,12H2,1H3. The molecule has 1 aliphatic rings. The molecule has 1 fully saturated rings. The van der Waals surface area contributed by atoms with Gasteiger partial charge in [-0.25, -0.2) is 4.98 Å². The summed E-state index contributed by atoms with van der Waals surface area (Å²) in [6.07, 6.45) is 1.88. The van der Waals surface area contributed by atoms with Crippen LogP contribution in [0.2, 0.25) is 0 Å². The Labute approximate surface area is 101 Å². The average molecular weight is 240 g/mol. The Morgan fingerprint density at radius 2 is 2.19 bits per heavy atom. The molecule has 1 saturated heterocycles. The van der Waals surface area contributed by atoms with Crippen molar-refractivity contribution in [3.05, 3.63) is 11.6 Å². The van der Waals surface area contributed by atoms with Crippen molar-refractivity contribution >= 4 is 16.5 Å².